The SMILES string of the molecule is CNC(=O)c1nnc(NC(=O)C2CC2)cc1Nc1cc(F)c(C)c(-c2ccc(C(=O)OC(C)(C)C)nc2)c1OC. The Labute approximate surface area is 230 Å². The van der Waals surface area contributed by atoms with Crippen LogP contribution in [0.1, 0.15) is 60.2 Å². The molecule has 2 aromatic heterocycles. The van der Waals surface area contributed by atoms with Crippen LogP contribution in [-0.2, 0) is 9.53 Å². The zero-order valence-electron chi connectivity index (χ0n) is 23.1. The fraction of sp³-hybridized carbons (Fsp3) is 0.357. The highest BCUT2D eigenvalue weighted by atomic mass is 19.1. The Bertz CT molecular complexity index is 1470. The summed E-state index contributed by atoms with van der Waals surface area (Å²) < 4.78 is 26.3. The molecular formula is C28H31FN6O5. The predicted octanol–water partition coefficient (Wildman–Crippen LogP) is 4.40. The number of pyridine rings is 1. The van der Waals surface area contributed by atoms with Gasteiger partial charge in [0.1, 0.15) is 17.1 Å². The van der Waals surface area contributed by atoms with Crippen molar-refractivity contribution >= 4 is 35.0 Å². The third kappa shape index (κ3) is 6.33. The molecular weight excluding hydrogens is 519 g/mol. The number of esters is 1. The lowest BCUT2D eigenvalue weighted by atomic mass is 9.98. The smallest absolute Gasteiger partial charge is 0.357 e. The first-order chi connectivity index (χ1) is 18.9. The fourth-order valence-corrected chi connectivity index (χ4v) is 3.92. The summed E-state index contributed by atoms with van der Waals surface area (Å²) in [4.78, 5) is 41.4. The monoisotopic (exact) mass is 550 g/mol. The number of carbonyl (C=O) groups excluding carboxylic acids is 3. The van der Waals surface area contributed by atoms with E-state index in [2.05, 4.69) is 31.1 Å². The van der Waals surface area contributed by atoms with Crippen molar-refractivity contribution in [3.05, 3.63) is 53.2 Å². The average Bonchev–Trinajstić information content (AvgIpc) is 3.75. The van der Waals surface area contributed by atoms with Gasteiger partial charge in [0.25, 0.3) is 5.91 Å². The third-order valence-electron chi connectivity index (χ3n) is 6.05. The minimum Gasteiger partial charge on any atom is -0.494 e. The van der Waals surface area contributed by atoms with Crippen LogP contribution in [0.4, 0.5) is 21.6 Å². The molecule has 1 saturated carbocycles. The van der Waals surface area contributed by atoms with E-state index in [1.54, 1.807) is 33.8 Å². The molecule has 4 rings (SSSR count). The summed E-state index contributed by atoms with van der Waals surface area (Å²) in [6.45, 7) is 6.86. The number of rotatable bonds is 8. The lowest BCUT2D eigenvalue weighted by Crippen LogP contribution is -2.24. The van der Waals surface area contributed by atoms with Crippen molar-refractivity contribution in [2.75, 3.05) is 24.8 Å². The van der Waals surface area contributed by atoms with Crippen LogP contribution in [0.5, 0.6) is 5.75 Å². The maximum absolute atomic E-state index is 15.3. The van der Waals surface area contributed by atoms with E-state index in [1.807, 2.05) is 0 Å². The summed E-state index contributed by atoms with van der Waals surface area (Å²) in [5, 5.41) is 16.1. The second-order valence-corrected chi connectivity index (χ2v) is 10.3. The van der Waals surface area contributed by atoms with Gasteiger partial charge in [0.05, 0.1) is 18.5 Å². The molecule has 1 aliphatic carbocycles. The summed E-state index contributed by atoms with van der Waals surface area (Å²) >= 11 is 0. The Morgan fingerprint density at radius 3 is 2.38 bits per heavy atom. The van der Waals surface area contributed by atoms with Gasteiger partial charge in [-0.15, -0.1) is 10.2 Å². The number of ether oxygens (including phenoxy) is 2. The summed E-state index contributed by atoms with van der Waals surface area (Å²) in [5.74, 6) is -1.53. The van der Waals surface area contributed by atoms with Crippen LogP contribution in [0.25, 0.3) is 11.1 Å². The molecule has 0 radical (unpaired) electrons. The lowest BCUT2D eigenvalue weighted by molar-refractivity contribution is -0.117. The molecule has 0 saturated heterocycles. The first-order valence-electron chi connectivity index (χ1n) is 12.7. The molecule has 3 N–H and O–H groups in total. The number of hydrogen-bond donors (Lipinski definition) is 3. The van der Waals surface area contributed by atoms with Crippen LogP contribution in [-0.4, -0.2) is 52.7 Å². The Balaban J connectivity index is 1.74. The molecule has 1 fully saturated rings. The predicted molar refractivity (Wildman–Crippen MR) is 146 cm³/mol. The van der Waals surface area contributed by atoms with Gasteiger partial charge in [0.15, 0.2) is 17.3 Å². The van der Waals surface area contributed by atoms with Gasteiger partial charge in [-0.2, -0.15) is 0 Å². The number of anilines is 3. The quantitative estimate of drug-likeness (QED) is 0.348. The van der Waals surface area contributed by atoms with Gasteiger partial charge in [-0.1, -0.05) is 6.07 Å². The van der Waals surface area contributed by atoms with E-state index < -0.39 is 23.3 Å². The van der Waals surface area contributed by atoms with Crippen molar-refractivity contribution in [1.82, 2.24) is 20.5 Å². The van der Waals surface area contributed by atoms with E-state index in [-0.39, 0.29) is 51.7 Å². The third-order valence-corrected chi connectivity index (χ3v) is 6.05. The average molecular weight is 551 g/mol. The number of nitrogens with zero attached hydrogens (tertiary/aromatic N) is 3. The standard InChI is InChI=1S/C28H31FN6O5/c1-14-17(29)11-20(24(39-6)22(14)16-9-10-18(31-13-16)27(38)40-28(2,3)4)32-19-12-21(33-25(36)15-7-8-15)34-35-23(19)26(37)30-5/h9-13,15H,7-8H2,1-6H3,(H,30,37)(H2,32,33,34,36). The van der Waals surface area contributed by atoms with Crippen LogP contribution in [0, 0.1) is 18.7 Å². The number of benzene rings is 1. The van der Waals surface area contributed by atoms with E-state index in [4.69, 9.17) is 9.47 Å². The largest absolute Gasteiger partial charge is 0.494 e. The molecule has 1 aromatic carbocycles. The normalized spacial score (nSPS) is 12.9. The highest BCUT2D eigenvalue weighted by Crippen LogP contribution is 2.42. The number of methoxy groups -OCH3 is 1. The molecule has 12 heteroatoms. The molecule has 3 aromatic rings. The topological polar surface area (TPSA) is 144 Å². The van der Waals surface area contributed by atoms with Crippen LogP contribution in [0.2, 0.25) is 0 Å². The van der Waals surface area contributed by atoms with Crippen molar-refractivity contribution in [3.8, 4) is 16.9 Å². The summed E-state index contributed by atoms with van der Waals surface area (Å²) in [6.07, 6.45) is 3.04. The van der Waals surface area contributed by atoms with Gasteiger partial charge < -0.3 is 25.4 Å². The molecule has 40 heavy (non-hydrogen) atoms. The fourth-order valence-electron chi connectivity index (χ4n) is 3.92. The molecule has 0 unspecified atom stereocenters. The van der Waals surface area contributed by atoms with Crippen LogP contribution >= 0.6 is 0 Å². The van der Waals surface area contributed by atoms with Gasteiger partial charge in [0, 0.05) is 42.4 Å². The summed E-state index contributed by atoms with van der Waals surface area (Å²) in [7, 11) is 2.87. The lowest BCUT2D eigenvalue weighted by Gasteiger charge is -2.20. The molecule has 0 bridgehead atoms. The van der Waals surface area contributed by atoms with E-state index in [0.29, 0.717) is 11.1 Å². The van der Waals surface area contributed by atoms with Gasteiger partial charge >= 0.3 is 5.97 Å². The van der Waals surface area contributed by atoms with Crippen molar-refractivity contribution < 1.29 is 28.2 Å². The van der Waals surface area contributed by atoms with Gasteiger partial charge in [-0.25, -0.2) is 14.2 Å². The number of carbonyl (C=O) groups is 3. The zero-order chi connectivity index (χ0) is 29.2. The van der Waals surface area contributed by atoms with Crippen molar-refractivity contribution in [2.24, 2.45) is 5.92 Å². The number of hydrogen-bond acceptors (Lipinski definition) is 9. The van der Waals surface area contributed by atoms with Gasteiger partial charge in [-0.3, -0.25) is 9.59 Å². The molecule has 210 valence electrons. The number of halogens is 1. The molecule has 0 atom stereocenters. The van der Waals surface area contributed by atoms with Crippen LogP contribution < -0.4 is 20.7 Å². The first-order valence-corrected chi connectivity index (χ1v) is 12.7. The molecule has 11 nitrogen and oxygen atoms in total. The molecule has 0 spiro atoms. The van der Waals surface area contributed by atoms with E-state index >= 15 is 4.39 Å². The first kappa shape index (κ1) is 28.4. The summed E-state index contributed by atoms with van der Waals surface area (Å²) in [5.41, 5.74) is 0.867. The van der Waals surface area contributed by atoms with Crippen molar-refractivity contribution in [2.45, 2.75) is 46.1 Å². The maximum atomic E-state index is 15.3. The minimum atomic E-state index is -0.684. The Kier molecular flexibility index (Phi) is 7.98. The summed E-state index contributed by atoms with van der Waals surface area (Å²) in [6, 6.07) is 5.80. The molecule has 2 amide bonds. The van der Waals surface area contributed by atoms with Crippen molar-refractivity contribution in [3.63, 3.8) is 0 Å². The van der Waals surface area contributed by atoms with Crippen molar-refractivity contribution in [1.29, 1.82) is 0 Å². The number of amides is 2. The zero-order valence-corrected chi connectivity index (χ0v) is 23.1. The van der Waals surface area contributed by atoms with Crippen LogP contribution in [0.3, 0.4) is 0 Å². The number of nitrogens with one attached hydrogen (secondary N) is 3. The van der Waals surface area contributed by atoms with Crippen LogP contribution in [0.15, 0.2) is 30.5 Å². The Morgan fingerprint density at radius 2 is 1.80 bits per heavy atom. The number of aromatic nitrogens is 3. The van der Waals surface area contributed by atoms with Gasteiger partial charge in [0.2, 0.25) is 5.91 Å². The second-order valence-electron chi connectivity index (χ2n) is 10.3. The van der Waals surface area contributed by atoms with E-state index in [1.165, 1.54) is 38.6 Å². The molecule has 1 aliphatic rings. The highest BCUT2D eigenvalue weighted by Gasteiger charge is 2.30. The second kappa shape index (κ2) is 11.2. The van der Waals surface area contributed by atoms with E-state index in [0.717, 1.165) is 12.8 Å². The molecule has 0 aliphatic heterocycles. The van der Waals surface area contributed by atoms with E-state index in [9.17, 15) is 14.4 Å². The van der Waals surface area contributed by atoms with Gasteiger partial charge in [-0.05, 0) is 52.2 Å². The Morgan fingerprint density at radius 1 is 1.07 bits per heavy atom. The Hall–Kier alpha value is -4.61. The maximum Gasteiger partial charge on any atom is 0.357 e. The molecule has 2 heterocycles. The highest BCUT2D eigenvalue weighted by molar-refractivity contribution is 6.00. The minimum absolute atomic E-state index is 0.0685.